The molecule has 140 valence electrons. The Bertz CT molecular complexity index is 947. The van der Waals surface area contributed by atoms with Crippen LogP contribution in [0.25, 0.3) is 10.4 Å². The Balaban J connectivity index is 1.90. The Hall–Kier alpha value is -2.51. The van der Waals surface area contributed by atoms with Gasteiger partial charge >= 0.3 is 5.97 Å². The van der Waals surface area contributed by atoms with Gasteiger partial charge in [0.05, 0.1) is 13.0 Å². The van der Waals surface area contributed by atoms with E-state index in [4.69, 9.17) is 4.74 Å². The lowest BCUT2D eigenvalue weighted by Crippen LogP contribution is -2.16. The monoisotopic (exact) mass is 403 g/mol. The van der Waals surface area contributed by atoms with Crippen molar-refractivity contribution in [1.82, 2.24) is 0 Å². The fourth-order valence-electron chi connectivity index (χ4n) is 2.71. The van der Waals surface area contributed by atoms with Gasteiger partial charge in [-0.25, -0.2) is 9.18 Å². The molecule has 0 saturated heterocycles. The molecule has 0 atom stereocenters. The van der Waals surface area contributed by atoms with E-state index in [9.17, 15) is 14.0 Å². The normalized spacial score (nSPS) is 10.6. The maximum atomic E-state index is 13.0. The quantitative estimate of drug-likeness (QED) is 0.570. The summed E-state index contributed by atoms with van der Waals surface area (Å²) in [6.45, 7) is 3.91. The van der Waals surface area contributed by atoms with Crippen LogP contribution < -0.4 is 5.32 Å². The molecule has 3 rings (SSSR count). The van der Waals surface area contributed by atoms with Crippen LogP contribution in [0.4, 0.5) is 9.39 Å². The third-order valence-electron chi connectivity index (χ3n) is 3.86. The van der Waals surface area contributed by atoms with E-state index in [-0.39, 0.29) is 24.8 Å². The molecule has 0 aliphatic rings. The predicted molar refractivity (Wildman–Crippen MR) is 107 cm³/mol. The molecule has 0 saturated carbocycles. The van der Waals surface area contributed by atoms with Crippen LogP contribution in [0, 0.1) is 12.7 Å². The average Bonchev–Trinajstić information content (AvgIpc) is 3.24. The van der Waals surface area contributed by atoms with Crippen molar-refractivity contribution in [1.29, 1.82) is 0 Å². The highest BCUT2D eigenvalue weighted by Gasteiger charge is 2.26. The van der Waals surface area contributed by atoms with Crippen LogP contribution in [0.5, 0.6) is 0 Å². The molecule has 2 heterocycles. The van der Waals surface area contributed by atoms with Gasteiger partial charge in [0, 0.05) is 15.3 Å². The van der Waals surface area contributed by atoms with E-state index in [1.165, 1.54) is 34.8 Å². The van der Waals surface area contributed by atoms with Gasteiger partial charge < -0.3 is 10.1 Å². The molecule has 0 radical (unpaired) electrons. The highest BCUT2D eigenvalue weighted by atomic mass is 32.1. The number of amides is 1. The molecule has 27 heavy (non-hydrogen) atoms. The number of halogens is 1. The van der Waals surface area contributed by atoms with Crippen LogP contribution in [0.15, 0.2) is 41.8 Å². The first-order valence-electron chi connectivity index (χ1n) is 8.38. The van der Waals surface area contributed by atoms with E-state index in [1.54, 1.807) is 19.1 Å². The summed E-state index contributed by atoms with van der Waals surface area (Å²) in [6.07, 6.45) is 0.0911. The van der Waals surface area contributed by atoms with Gasteiger partial charge in [0.15, 0.2) is 0 Å². The maximum absolute atomic E-state index is 13.0. The molecule has 3 aromatic rings. The summed E-state index contributed by atoms with van der Waals surface area (Å²) in [7, 11) is 0. The zero-order chi connectivity index (χ0) is 19.4. The second-order valence-corrected chi connectivity index (χ2v) is 7.96. The van der Waals surface area contributed by atoms with Gasteiger partial charge in [-0.15, -0.1) is 22.7 Å². The van der Waals surface area contributed by atoms with Crippen molar-refractivity contribution in [2.24, 2.45) is 0 Å². The molecular formula is C20H18FNO3S2. The second kappa shape index (κ2) is 8.45. The van der Waals surface area contributed by atoms with Crippen LogP contribution in [0.2, 0.25) is 0 Å². The number of hydrogen-bond acceptors (Lipinski definition) is 5. The SMILES string of the molecule is CCOC(=O)c1c(NC(=O)Cc2ccc(F)cc2)sc(C)c1-c1cccs1. The molecule has 0 aliphatic heterocycles. The first kappa shape index (κ1) is 19.3. The fraction of sp³-hybridized carbons (Fsp3) is 0.200. The molecule has 0 aliphatic carbocycles. The number of carbonyl (C=O) groups is 2. The van der Waals surface area contributed by atoms with Gasteiger partial charge in [-0.2, -0.15) is 0 Å². The summed E-state index contributed by atoms with van der Waals surface area (Å²) in [4.78, 5) is 26.9. The molecular weight excluding hydrogens is 385 g/mol. The Morgan fingerprint density at radius 3 is 2.56 bits per heavy atom. The van der Waals surface area contributed by atoms with E-state index in [0.717, 1.165) is 15.3 Å². The number of hydrogen-bond donors (Lipinski definition) is 1. The molecule has 0 unspecified atom stereocenters. The van der Waals surface area contributed by atoms with Gasteiger partial charge in [-0.3, -0.25) is 4.79 Å². The summed E-state index contributed by atoms with van der Waals surface area (Å²) in [5, 5.41) is 5.24. The standard InChI is InChI=1S/C20H18FNO3S2/c1-3-25-20(24)18-17(15-5-4-10-26-15)12(2)27-19(18)22-16(23)11-13-6-8-14(21)9-7-13/h4-10H,3,11H2,1-2H3,(H,22,23). The Kier molecular flexibility index (Phi) is 6.03. The minimum atomic E-state index is -0.456. The van der Waals surface area contributed by atoms with E-state index in [2.05, 4.69) is 5.32 Å². The number of esters is 1. The molecule has 0 fully saturated rings. The van der Waals surface area contributed by atoms with Crippen molar-refractivity contribution in [2.45, 2.75) is 20.3 Å². The number of ether oxygens (including phenoxy) is 1. The van der Waals surface area contributed by atoms with Crippen LogP contribution >= 0.6 is 22.7 Å². The maximum Gasteiger partial charge on any atom is 0.341 e. The number of aryl methyl sites for hydroxylation is 1. The molecule has 1 N–H and O–H groups in total. The lowest BCUT2D eigenvalue weighted by atomic mass is 10.1. The average molecular weight is 404 g/mol. The minimum absolute atomic E-state index is 0.0911. The number of benzene rings is 1. The van der Waals surface area contributed by atoms with Crippen molar-refractivity contribution >= 4 is 39.6 Å². The van der Waals surface area contributed by atoms with Crippen molar-refractivity contribution in [3.05, 3.63) is 63.6 Å². The summed E-state index contributed by atoms with van der Waals surface area (Å²) in [5.41, 5.74) is 1.87. The Labute approximate surface area is 164 Å². The van der Waals surface area contributed by atoms with Crippen LogP contribution in [0.3, 0.4) is 0 Å². The lowest BCUT2D eigenvalue weighted by Gasteiger charge is -2.08. The Morgan fingerprint density at radius 1 is 1.19 bits per heavy atom. The molecule has 1 aromatic carbocycles. The summed E-state index contributed by atoms with van der Waals surface area (Å²) in [6, 6.07) is 9.62. The summed E-state index contributed by atoms with van der Waals surface area (Å²) in [5.74, 6) is -1.08. The third-order valence-corrected chi connectivity index (χ3v) is 5.77. The van der Waals surface area contributed by atoms with Crippen molar-refractivity contribution in [3.8, 4) is 10.4 Å². The topological polar surface area (TPSA) is 55.4 Å². The summed E-state index contributed by atoms with van der Waals surface area (Å²) < 4.78 is 18.2. The fourth-order valence-corrected chi connectivity index (χ4v) is 4.68. The molecule has 7 heteroatoms. The van der Waals surface area contributed by atoms with Crippen LogP contribution in [-0.2, 0) is 16.0 Å². The Morgan fingerprint density at radius 2 is 1.93 bits per heavy atom. The van der Waals surface area contributed by atoms with E-state index in [1.807, 2.05) is 24.4 Å². The molecule has 0 bridgehead atoms. The number of carbonyl (C=O) groups excluding carboxylic acids is 2. The first-order chi connectivity index (χ1) is 13.0. The largest absolute Gasteiger partial charge is 0.462 e. The summed E-state index contributed by atoms with van der Waals surface area (Å²) >= 11 is 2.88. The highest BCUT2D eigenvalue weighted by molar-refractivity contribution is 7.18. The molecule has 0 spiro atoms. The minimum Gasteiger partial charge on any atom is -0.462 e. The second-order valence-electron chi connectivity index (χ2n) is 5.79. The number of nitrogens with one attached hydrogen (secondary N) is 1. The third kappa shape index (κ3) is 4.43. The van der Waals surface area contributed by atoms with Crippen molar-refractivity contribution in [2.75, 3.05) is 11.9 Å². The van der Waals surface area contributed by atoms with Crippen molar-refractivity contribution < 1.29 is 18.7 Å². The van der Waals surface area contributed by atoms with E-state index in [0.29, 0.717) is 16.1 Å². The van der Waals surface area contributed by atoms with E-state index >= 15 is 0 Å². The first-order valence-corrected chi connectivity index (χ1v) is 10.1. The lowest BCUT2D eigenvalue weighted by molar-refractivity contribution is -0.115. The highest BCUT2D eigenvalue weighted by Crippen LogP contribution is 2.42. The van der Waals surface area contributed by atoms with Crippen LogP contribution in [0.1, 0.15) is 27.7 Å². The zero-order valence-corrected chi connectivity index (χ0v) is 16.5. The predicted octanol–water partition coefficient (Wildman–Crippen LogP) is 5.28. The smallest absolute Gasteiger partial charge is 0.341 e. The van der Waals surface area contributed by atoms with Crippen LogP contribution in [-0.4, -0.2) is 18.5 Å². The van der Waals surface area contributed by atoms with Crippen molar-refractivity contribution in [3.63, 3.8) is 0 Å². The number of thiophene rings is 2. The van der Waals surface area contributed by atoms with Gasteiger partial charge in [0.1, 0.15) is 16.4 Å². The van der Waals surface area contributed by atoms with Gasteiger partial charge in [0.2, 0.25) is 5.91 Å². The zero-order valence-electron chi connectivity index (χ0n) is 14.9. The van der Waals surface area contributed by atoms with Gasteiger partial charge in [0.25, 0.3) is 0 Å². The molecule has 1 amide bonds. The van der Waals surface area contributed by atoms with Gasteiger partial charge in [-0.1, -0.05) is 18.2 Å². The number of rotatable bonds is 6. The number of anilines is 1. The molecule has 4 nitrogen and oxygen atoms in total. The van der Waals surface area contributed by atoms with E-state index < -0.39 is 5.97 Å². The van der Waals surface area contributed by atoms with Gasteiger partial charge in [-0.05, 0) is 43.0 Å². The molecule has 2 aromatic heterocycles.